The van der Waals surface area contributed by atoms with Crippen LogP contribution >= 0.6 is 0 Å². The van der Waals surface area contributed by atoms with Gasteiger partial charge in [0.25, 0.3) is 0 Å². The Morgan fingerprint density at radius 3 is 2.87 bits per heavy atom. The molecular weight excluding hydrogens is 188 g/mol. The average Bonchev–Trinajstić information content (AvgIpc) is 2.21. The Kier molecular flexibility index (Phi) is 3.17. The van der Waals surface area contributed by atoms with Gasteiger partial charge in [0, 0.05) is 14.2 Å². The molecule has 15 heavy (non-hydrogen) atoms. The third kappa shape index (κ3) is 1.85. The molecule has 2 aliphatic rings. The number of hydrogen-bond acceptors (Lipinski definition) is 2. The first-order valence-corrected chi connectivity index (χ1v) is 5.90. The van der Waals surface area contributed by atoms with Gasteiger partial charge in [0.1, 0.15) is 0 Å². The molecule has 0 aromatic rings. The van der Waals surface area contributed by atoms with Crippen molar-refractivity contribution >= 4 is 0 Å². The second-order valence-corrected chi connectivity index (χ2v) is 5.18. The molecule has 2 rings (SSSR count). The summed E-state index contributed by atoms with van der Waals surface area (Å²) >= 11 is 0. The summed E-state index contributed by atoms with van der Waals surface area (Å²) in [5.74, 6) is 1.28. The fraction of sp³-hybridized carbons (Fsp3) is 0.846. The predicted molar refractivity (Wildman–Crippen MR) is 60.8 cm³/mol. The summed E-state index contributed by atoms with van der Waals surface area (Å²) in [6.45, 7) is 3.23. The first kappa shape index (κ1) is 11.2. The molecule has 2 aliphatic carbocycles. The van der Waals surface area contributed by atoms with E-state index in [9.17, 15) is 0 Å². The van der Waals surface area contributed by atoms with E-state index in [-0.39, 0.29) is 0 Å². The number of methoxy groups -OCH3 is 2. The quantitative estimate of drug-likeness (QED) is 0.667. The first-order chi connectivity index (χ1) is 7.21. The molecule has 0 N–H and O–H groups in total. The summed E-state index contributed by atoms with van der Waals surface area (Å²) < 4.78 is 11.0. The summed E-state index contributed by atoms with van der Waals surface area (Å²) in [5, 5.41) is 0. The Balaban J connectivity index is 2.21. The van der Waals surface area contributed by atoms with Crippen LogP contribution in [-0.2, 0) is 9.47 Å². The van der Waals surface area contributed by atoms with Crippen LogP contribution in [0.2, 0.25) is 0 Å². The Morgan fingerprint density at radius 2 is 2.20 bits per heavy atom. The fourth-order valence-electron chi connectivity index (χ4n) is 3.40. The molecule has 0 aromatic heterocycles. The molecule has 0 heterocycles. The Morgan fingerprint density at radius 1 is 1.40 bits per heavy atom. The van der Waals surface area contributed by atoms with Crippen LogP contribution in [-0.4, -0.2) is 26.9 Å². The highest BCUT2D eigenvalue weighted by Crippen LogP contribution is 2.50. The summed E-state index contributed by atoms with van der Waals surface area (Å²) in [6.07, 6.45) is 8.75. The van der Waals surface area contributed by atoms with Crippen LogP contribution in [0, 0.1) is 17.3 Å². The standard InChI is InChI=1S/C13H22O2/c1-13-7-4-5-10(11(13)9-14-2)12(15-3)6-8-13/h4,7,10-12H,5-6,8-9H2,1-3H3/t10-,11-,12+,13-/m1/s1. The third-order valence-electron chi connectivity index (χ3n) is 4.36. The molecule has 0 aromatic carbocycles. The summed E-state index contributed by atoms with van der Waals surface area (Å²) in [5.41, 5.74) is 0.341. The lowest BCUT2D eigenvalue weighted by Gasteiger charge is -2.50. The van der Waals surface area contributed by atoms with Crippen LogP contribution in [0.1, 0.15) is 26.2 Å². The van der Waals surface area contributed by atoms with Crippen molar-refractivity contribution in [1.29, 1.82) is 0 Å². The number of fused-ring (bicyclic) bond motifs is 2. The lowest BCUT2D eigenvalue weighted by molar-refractivity contribution is -0.0734. The first-order valence-electron chi connectivity index (χ1n) is 5.90. The van der Waals surface area contributed by atoms with E-state index in [4.69, 9.17) is 9.47 Å². The van der Waals surface area contributed by atoms with Gasteiger partial charge in [0.05, 0.1) is 12.7 Å². The topological polar surface area (TPSA) is 18.5 Å². The van der Waals surface area contributed by atoms with Crippen molar-refractivity contribution in [3.8, 4) is 0 Å². The molecule has 0 aliphatic heterocycles. The van der Waals surface area contributed by atoms with E-state index in [1.807, 2.05) is 7.11 Å². The number of ether oxygens (including phenoxy) is 2. The average molecular weight is 210 g/mol. The molecule has 0 saturated heterocycles. The molecule has 2 heteroatoms. The zero-order valence-corrected chi connectivity index (χ0v) is 10.0. The second-order valence-electron chi connectivity index (χ2n) is 5.18. The Labute approximate surface area is 92.6 Å². The predicted octanol–water partition coefficient (Wildman–Crippen LogP) is 2.64. The van der Waals surface area contributed by atoms with Gasteiger partial charge in [-0.25, -0.2) is 0 Å². The monoisotopic (exact) mass is 210 g/mol. The van der Waals surface area contributed by atoms with Gasteiger partial charge in [-0.05, 0) is 36.5 Å². The number of rotatable bonds is 3. The van der Waals surface area contributed by atoms with Crippen LogP contribution in [0.5, 0.6) is 0 Å². The van der Waals surface area contributed by atoms with Crippen LogP contribution in [0.25, 0.3) is 0 Å². The van der Waals surface area contributed by atoms with Gasteiger partial charge in [-0.3, -0.25) is 0 Å². The van der Waals surface area contributed by atoms with Gasteiger partial charge in [-0.2, -0.15) is 0 Å². The molecule has 2 bridgehead atoms. The zero-order chi connectivity index (χ0) is 10.9. The van der Waals surface area contributed by atoms with Gasteiger partial charge in [-0.1, -0.05) is 19.1 Å². The van der Waals surface area contributed by atoms with Crippen molar-refractivity contribution in [3.63, 3.8) is 0 Å². The van der Waals surface area contributed by atoms with Gasteiger partial charge < -0.3 is 9.47 Å². The largest absolute Gasteiger partial charge is 0.384 e. The lowest BCUT2D eigenvalue weighted by Crippen LogP contribution is -2.47. The minimum absolute atomic E-state index is 0.341. The molecule has 0 unspecified atom stereocenters. The molecule has 0 spiro atoms. The van der Waals surface area contributed by atoms with Crippen molar-refractivity contribution in [3.05, 3.63) is 12.2 Å². The smallest absolute Gasteiger partial charge is 0.0606 e. The number of hydrogen-bond donors (Lipinski definition) is 0. The van der Waals surface area contributed by atoms with E-state index in [2.05, 4.69) is 19.1 Å². The highest BCUT2D eigenvalue weighted by atomic mass is 16.5. The maximum atomic E-state index is 5.61. The minimum atomic E-state index is 0.341. The van der Waals surface area contributed by atoms with Crippen molar-refractivity contribution in [1.82, 2.24) is 0 Å². The van der Waals surface area contributed by atoms with Crippen LogP contribution in [0.4, 0.5) is 0 Å². The molecule has 0 radical (unpaired) electrons. The number of allylic oxidation sites excluding steroid dienone is 2. The van der Waals surface area contributed by atoms with E-state index < -0.39 is 0 Å². The molecule has 2 nitrogen and oxygen atoms in total. The van der Waals surface area contributed by atoms with Gasteiger partial charge in [-0.15, -0.1) is 0 Å². The van der Waals surface area contributed by atoms with Crippen LogP contribution in [0.15, 0.2) is 12.2 Å². The maximum absolute atomic E-state index is 5.61. The fourth-order valence-corrected chi connectivity index (χ4v) is 3.40. The van der Waals surface area contributed by atoms with Gasteiger partial charge >= 0.3 is 0 Å². The van der Waals surface area contributed by atoms with Crippen molar-refractivity contribution < 1.29 is 9.47 Å². The Bertz CT molecular complexity index is 249. The van der Waals surface area contributed by atoms with Crippen molar-refractivity contribution in [2.45, 2.75) is 32.3 Å². The molecule has 86 valence electrons. The van der Waals surface area contributed by atoms with Crippen LogP contribution < -0.4 is 0 Å². The highest BCUT2D eigenvalue weighted by Gasteiger charge is 2.46. The zero-order valence-electron chi connectivity index (χ0n) is 10.0. The van der Waals surface area contributed by atoms with Gasteiger partial charge in [0.2, 0.25) is 0 Å². The van der Waals surface area contributed by atoms with E-state index in [0.717, 1.165) is 13.0 Å². The lowest BCUT2D eigenvalue weighted by atomic mass is 9.58. The van der Waals surface area contributed by atoms with Crippen LogP contribution in [0.3, 0.4) is 0 Å². The SMILES string of the molecule is COC[C@@H]1[C@H]2CC=C[C@]1(C)CC[C@@H]2OC. The maximum Gasteiger partial charge on any atom is 0.0606 e. The van der Waals surface area contributed by atoms with E-state index >= 15 is 0 Å². The summed E-state index contributed by atoms with van der Waals surface area (Å²) in [6, 6.07) is 0. The highest BCUT2D eigenvalue weighted by molar-refractivity contribution is 5.12. The van der Waals surface area contributed by atoms with Gasteiger partial charge in [0.15, 0.2) is 0 Å². The van der Waals surface area contributed by atoms with E-state index in [1.165, 1.54) is 12.8 Å². The molecule has 0 amide bonds. The molecular formula is C13H22O2. The molecule has 4 atom stereocenters. The Hall–Kier alpha value is -0.340. The molecule has 1 fully saturated rings. The molecule has 1 saturated carbocycles. The minimum Gasteiger partial charge on any atom is -0.384 e. The van der Waals surface area contributed by atoms with Crippen molar-refractivity contribution in [2.24, 2.45) is 17.3 Å². The second kappa shape index (κ2) is 4.26. The summed E-state index contributed by atoms with van der Waals surface area (Å²) in [4.78, 5) is 0. The van der Waals surface area contributed by atoms with Crippen molar-refractivity contribution in [2.75, 3.05) is 20.8 Å². The third-order valence-corrected chi connectivity index (χ3v) is 4.36. The van der Waals surface area contributed by atoms with E-state index in [1.54, 1.807) is 7.11 Å². The normalized spacial score (nSPS) is 44.3. The summed E-state index contributed by atoms with van der Waals surface area (Å²) in [7, 11) is 3.65. The van der Waals surface area contributed by atoms with E-state index in [0.29, 0.717) is 23.4 Å².